The molecule has 1 saturated heterocycles. The van der Waals surface area contributed by atoms with Gasteiger partial charge >= 0.3 is 0 Å². The highest BCUT2D eigenvalue weighted by molar-refractivity contribution is 4.79. The van der Waals surface area contributed by atoms with Crippen LogP contribution in [0.3, 0.4) is 0 Å². The second-order valence-electron chi connectivity index (χ2n) is 4.15. The normalized spacial score (nSPS) is 36.0. The van der Waals surface area contributed by atoms with Crippen molar-refractivity contribution in [2.24, 2.45) is 17.6 Å². The molecule has 1 fully saturated rings. The molecule has 1 rings (SSSR count). The maximum absolute atomic E-state index is 5.72. The summed E-state index contributed by atoms with van der Waals surface area (Å²) >= 11 is 0. The Labute approximate surface area is 69.8 Å². The third kappa shape index (κ3) is 2.46. The number of nitrogens with zero attached hydrogens (tertiary/aromatic N) is 1. The zero-order chi connectivity index (χ0) is 8.43. The summed E-state index contributed by atoms with van der Waals surface area (Å²) in [6.45, 7) is 10.3. The van der Waals surface area contributed by atoms with E-state index in [4.69, 9.17) is 5.73 Å². The zero-order valence-electron chi connectivity index (χ0n) is 7.88. The summed E-state index contributed by atoms with van der Waals surface area (Å²) in [7, 11) is 0. The van der Waals surface area contributed by atoms with E-state index in [9.17, 15) is 0 Å². The molecule has 1 heterocycles. The molecule has 2 N–H and O–H groups in total. The van der Waals surface area contributed by atoms with E-state index in [0.29, 0.717) is 6.04 Å². The smallest absolute Gasteiger partial charge is 0.0139 e. The van der Waals surface area contributed by atoms with Crippen LogP contribution >= 0.6 is 0 Å². The first-order valence-electron chi connectivity index (χ1n) is 4.57. The molecule has 1 aliphatic rings. The molecule has 3 atom stereocenters. The van der Waals surface area contributed by atoms with Crippen molar-refractivity contribution < 1.29 is 0 Å². The van der Waals surface area contributed by atoms with Crippen molar-refractivity contribution >= 4 is 0 Å². The van der Waals surface area contributed by atoms with E-state index < -0.39 is 0 Å². The van der Waals surface area contributed by atoms with Crippen molar-refractivity contribution in [3.8, 4) is 0 Å². The fourth-order valence-corrected chi connectivity index (χ4v) is 1.81. The molecular formula is C9H20N2. The molecule has 0 aromatic rings. The van der Waals surface area contributed by atoms with Gasteiger partial charge in [-0.05, 0) is 18.8 Å². The lowest BCUT2D eigenvalue weighted by Gasteiger charge is -2.17. The average molecular weight is 156 g/mol. The number of rotatable bonds is 2. The van der Waals surface area contributed by atoms with Crippen molar-refractivity contribution in [3.63, 3.8) is 0 Å². The van der Waals surface area contributed by atoms with E-state index >= 15 is 0 Å². The molecule has 0 bridgehead atoms. The predicted molar refractivity (Wildman–Crippen MR) is 48.4 cm³/mol. The van der Waals surface area contributed by atoms with Crippen LogP contribution in [0.4, 0.5) is 0 Å². The summed E-state index contributed by atoms with van der Waals surface area (Å²) in [6, 6.07) is 0.326. The molecule has 2 unspecified atom stereocenters. The van der Waals surface area contributed by atoms with Gasteiger partial charge in [-0.1, -0.05) is 13.8 Å². The minimum absolute atomic E-state index is 0.326. The van der Waals surface area contributed by atoms with Crippen LogP contribution < -0.4 is 5.73 Å². The Morgan fingerprint density at radius 2 is 1.82 bits per heavy atom. The molecule has 1 aliphatic heterocycles. The largest absolute Gasteiger partial charge is 0.327 e. The van der Waals surface area contributed by atoms with Crippen LogP contribution in [0.25, 0.3) is 0 Å². The van der Waals surface area contributed by atoms with Crippen molar-refractivity contribution in [2.75, 3.05) is 19.6 Å². The van der Waals surface area contributed by atoms with E-state index in [-0.39, 0.29) is 0 Å². The molecule has 0 radical (unpaired) electrons. The molecule has 11 heavy (non-hydrogen) atoms. The van der Waals surface area contributed by atoms with Gasteiger partial charge in [-0.3, -0.25) is 0 Å². The number of likely N-dealkylation sites (tertiary alicyclic amines) is 1. The third-order valence-electron chi connectivity index (χ3n) is 2.61. The predicted octanol–water partition coefficient (Wildman–Crippen LogP) is 0.921. The Balaban J connectivity index is 2.29. The van der Waals surface area contributed by atoms with Crippen LogP contribution in [-0.2, 0) is 0 Å². The van der Waals surface area contributed by atoms with Gasteiger partial charge in [-0.25, -0.2) is 0 Å². The summed E-state index contributed by atoms with van der Waals surface area (Å²) in [5.74, 6) is 1.71. The van der Waals surface area contributed by atoms with E-state index in [0.717, 1.165) is 18.4 Å². The molecule has 0 amide bonds. The minimum atomic E-state index is 0.326. The maximum Gasteiger partial charge on any atom is 0.0139 e. The summed E-state index contributed by atoms with van der Waals surface area (Å²) in [4.78, 5) is 2.47. The molecule has 2 nitrogen and oxygen atoms in total. The average Bonchev–Trinajstić information content (AvgIpc) is 2.10. The van der Waals surface area contributed by atoms with E-state index in [1.54, 1.807) is 0 Å². The van der Waals surface area contributed by atoms with E-state index in [1.165, 1.54) is 13.1 Å². The number of hydrogen-bond donors (Lipinski definition) is 1. The van der Waals surface area contributed by atoms with E-state index in [2.05, 4.69) is 25.7 Å². The van der Waals surface area contributed by atoms with Gasteiger partial charge in [0.1, 0.15) is 0 Å². The Morgan fingerprint density at radius 3 is 2.18 bits per heavy atom. The fraction of sp³-hybridized carbons (Fsp3) is 1.00. The Morgan fingerprint density at radius 1 is 1.36 bits per heavy atom. The third-order valence-corrected chi connectivity index (χ3v) is 2.61. The first kappa shape index (κ1) is 9.01. The van der Waals surface area contributed by atoms with Crippen LogP contribution in [-0.4, -0.2) is 30.6 Å². The minimum Gasteiger partial charge on any atom is -0.327 e. The first-order chi connectivity index (χ1) is 5.09. The SMILES string of the molecule is CC1CN(C[C@@H](C)N)CC1C. The standard InChI is InChI=1S/C9H20N2/c1-7-4-11(5-8(7)2)6-9(3)10/h7-9H,4-6,10H2,1-3H3/t7?,8?,9-/m1/s1. The lowest BCUT2D eigenvalue weighted by Crippen LogP contribution is -2.34. The van der Waals surface area contributed by atoms with Crippen LogP contribution in [0.2, 0.25) is 0 Å². The molecule has 0 saturated carbocycles. The molecule has 0 spiro atoms. The molecule has 0 aromatic carbocycles. The topological polar surface area (TPSA) is 29.3 Å². The highest BCUT2D eigenvalue weighted by Crippen LogP contribution is 2.21. The van der Waals surface area contributed by atoms with Gasteiger partial charge in [0.05, 0.1) is 0 Å². The van der Waals surface area contributed by atoms with Crippen LogP contribution in [0, 0.1) is 11.8 Å². The molecule has 0 aliphatic carbocycles. The van der Waals surface area contributed by atoms with Crippen LogP contribution in [0.5, 0.6) is 0 Å². The van der Waals surface area contributed by atoms with E-state index in [1.807, 2.05) is 0 Å². The van der Waals surface area contributed by atoms with Crippen molar-refractivity contribution in [1.82, 2.24) is 4.90 Å². The van der Waals surface area contributed by atoms with Gasteiger partial charge in [0.25, 0.3) is 0 Å². The fourth-order valence-electron chi connectivity index (χ4n) is 1.81. The lowest BCUT2D eigenvalue weighted by atomic mass is 10.0. The summed E-state index contributed by atoms with van der Waals surface area (Å²) in [5, 5.41) is 0. The van der Waals surface area contributed by atoms with Gasteiger partial charge in [-0.2, -0.15) is 0 Å². The monoisotopic (exact) mass is 156 g/mol. The van der Waals surface area contributed by atoms with Crippen LogP contribution in [0.15, 0.2) is 0 Å². The van der Waals surface area contributed by atoms with Gasteiger partial charge in [0.15, 0.2) is 0 Å². The Kier molecular flexibility index (Phi) is 2.90. The second kappa shape index (κ2) is 3.55. The van der Waals surface area contributed by atoms with Crippen molar-refractivity contribution in [1.29, 1.82) is 0 Å². The Hall–Kier alpha value is -0.0800. The Bertz CT molecular complexity index is 110. The van der Waals surface area contributed by atoms with Crippen molar-refractivity contribution in [2.45, 2.75) is 26.8 Å². The molecule has 0 aromatic heterocycles. The van der Waals surface area contributed by atoms with Crippen molar-refractivity contribution in [3.05, 3.63) is 0 Å². The lowest BCUT2D eigenvalue weighted by molar-refractivity contribution is 0.307. The highest BCUT2D eigenvalue weighted by Gasteiger charge is 2.25. The van der Waals surface area contributed by atoms with Gasteiger partial charge in [0.2, 0.25) is 0 Å². The summed E-state index contributed by atoms with van der Waals surface area (Å²) < 4.78 is 0. The van der Waals surface area contributed by atoms with Gasteiger partial charge < -0.3 is 10.6 Å². The van der Waals surface area contributed by atoms with Gasteiger partial charge in [0, 0.05) is 25.7 Å². The summed E-state index contributed by atoms with van der Waals surface area (Å²) in [6.07, 6.45) is 0. The zero-order valence-corrected chi connectivity index (χ0v) is 7.88. The molecular weight excluding hydrogens is 136 g/mol. The quantitative estimate of drug-likeness (QED) is 0.644. The summed E-state index contributed by atoms with van der Waals surface area (Å²) in [5.41, 5.74) is 5.72. The molecule has 2 heteroatoms. The maximum atomic E-state index is 5.72. The second-order valence-corrected chi connectivity index (χ2v) is 4.15. The van der Waals surface area contributed by atoms with Gasteiger partial charge in [-0.15, -0.1) is 0 Å². The van der Waals surface area contributed by atoms with Crippen LogP contribution in [0.1, 0.15) is 20.8 Å². The number of hydrogen-bond acceptors (Lipinski definition) is 2. The highest BCUT2D eigenvalue weighted by atomic mass is 15.2. The molecule has 66 valence electrons. The first-order valence-corrected chi connectivity index (χ1v) is 4.57. The number of nitrogens with two attached hydrogens (primary N) is 1.